The number of ether oxygens (including phenoxy) is 1. The number of aliphatic hydroxyl groups excluding tert-OH is 1. The molecular formula is C5H10BFO2. The molecule has 1 fully saturated rings. The van der Waals surface area contributed by atoms with Gasteiger partial charge < -0.3 is 9.84 Å². The third-order valence-electron chi connectivity index (χ3n) is 1.68. The molecule has 2 nitrogen and oxygen atoms in total. The number of halogens is 1. The van der Waals surface area contributed by atoms with Crippen molar-refractivity contribution in [2.24, 2.45) is 0 Å². The normalized spacial score (nSPS) is 51.9. The molecule has 0 aromatic rings. The Labute approximate surface area is 54.4 Å². The molecule has 52 valence electrons. The minimum Gasteiger partial charge on any atom is -0.387 e. The van der Waals surface area contributed by atoms with Gasteiger partial charge in [0.05, 0.1) is 12.1 Å². The third-order valence-corrected chi connectivity index (χ3v) is 1.68. The van der Waals surface area contributed by atoms with Crippen molar-refractivity contribution in [1.29, 1.82) is 0 Å². The molecule has 1 heterocycles. The highest BCUT2D eigenvalue weighted by molar-refractivity contribution is 6.11. The van der Waals surface area contributed by atoms with E-state index in [0.717, 1.165) is 0 Å². The number of hydrogen-bond acceptors (Lipinski definition) is 2. The number of hydrogen-bond donors (Lipinski definition) is 1. The van der Waals surface area contributed by atoms with Crippen LogP contribution in [0.4, 0.5) is 4.39 Å². The molecule has 1 saturated heterocycles. The lowest BCUT2D eigenvalue weighted by atomic mass is 9.94. The fourth-order valence-electron chi connectivity index (χ4n) is 1.03. The second kappa shape index (κ2) is 2.27. The first-order valence-electron chi connectivity index (χ1n) is 3.10. The van der Waals surface area contributed by atoms with Gasteiger partial charge in [0.15, 0.2) is 0 Å². The predicted molar refractivity (Wildman–Crippen MR) is 33.8 cm³/mol. The van der Waals surface area contributed by atoms with E-state index in [4.69, 9.17) is 9.84 Å². The Morgan fingerprint density at radius 1 is 1.67 bits per heavy atom. The Balaban J connectivity index is 2.54. The average molecular weight is 132 g/mol. The van der Waals surface area contributed by atoms with Gasteiger partial charge in [-0.15, -0.1) is 0 Å². The second-order valence-corrected chi connectivity index (χ2v) is 2.48. The molecule has 0 saturated carbocycles. The largest absolute Gasteiger partial charge is 0.387 e. The Kier molecular flexibility index (Phi) is 1.77. The maximum Gasteiger partial charge on any atom is 0.146 e. The van der Waals surface area contributed by atoms with E-state index in [2.05, 4.69) is 0 Å². The number of aliphatic hydroxyl groups is 1. The topological polar surface area (TPSA) is 29.5 Å². The first kappa shape index (κ1) is 7.03. The Morgan fingerprint density at radius 2 is 2.22 bits per heavy atom. The van der Waals surface area contributed by atoms with Gasteiger partial charge in [-0.25, -0.2) is 4.39 Å². The lowest BCUT2D eigenvalue weighted by Gasteiger charge is -2.06. The van der Waals surface area contributed by atoms with Crippen LogP contribution in [0, 0.1) is 0 Å². The zero-order chi connectivity index (χ0) is 7.02. The van der Waals surface area contributed by atoms with E-state index >= 15 is 0 Å². The minimum absolute atomic E-state index is 0.352. The third kappa shape index (κ3) is 1.09. The van der Waals surface area contributed by atoms with Crippen molar-refractivity contribution in [2.75, 3.05) is 0 Å². The Hall–Kier alpha value is -0.0851. The molecule has 0 aromatic heterocycles. The molecule has 4 heteroatoms. The summed E-state index contributed by atoms with van der Waals surface area (Å²) in [5, 5.41) is 8.94. The molecule has 0 radical (unpaired) electrons. The summed E-state index contributed by atoms with van der Waals surface area (Å²) in [5.74, 6) is 0. The standard InChI is InChI=1S/C5H10BFO2/c1-2-4(8)3(7)5(6)9-2/h2-5,8H,6H2,1H3/t2-,3-,4-,5-/m1/s1. The number of alkyl halides is 1. The van der Waals surface area contributed by atoms with Crippen molar-refractivity contribution in [3.63, 3.8) is 0 Å². The molecule has 0 amide bonds. The summed E-state index contributed by atoms with van der Waals surface area (Å²) in [6, 6.07) is -0.449. The van der Waals surface area contributed by atoms with E-state index in [1.54, 1.807) is 14.8 Å². The van der Waals surface area contributed by atoms with Gasteiger partial charge >= 0.3 is 0 Å². The van der Waals surface area contributed by atoms with Crippen molar-refractivity contribution >= 4 is 7.85 Å². The van der Waals surface area contributed by atoms with E-state index in [1.165, 1.54) is 0 Å². The maximum atomic E-state index is 12.6. The van der Waals surface area contributed by atoms with Gasteiger partial charge in [-0.05, 0) is 6.92 Å². The zero-order valence-electron chi connectivity index (χ0n) is 5.54. The maximum absolute atomic E-state index is 12.6. The van der Waals surface area contributed by atoms with E-state index < -0.39 is 18.3 Å². The van der Waals surface area contributed by atoms with Crippen LogP contribution in [0.3, 0.4) is 0 Å². The monoisotopic (exact) mass is 132 g/mol. The Morgan fingerprint density at radius 3 is 2.33 bits per heavy atom. The summed E-state index contributed by atoms with van der Waals surface area (Å²) in [5.41, 5.74) is 0. The molecule has 0 aliphatic carbocycles. The zero-order valence-corrected chi connectivity index (χ0v) is 5.54. The fraction of sp³-hybridized carbons (Fsp3) is 1.00. The van der Waals surface area contributed by atoms with Crippen LogP contribution in [0.15, 0.2) is 0 Å². The quantitative estimate of drug-likeness (QED) is 0.431. The summed E-state index contributed by atoms with van der Waals surface area (Å²) < 4.78 is 17.5. The molecule has 1 rings (SSSR count). The van der Waals surface area contributed by atoms with Crippen LogP contribution in [0.2, 0.25) is 0 Å². The van der Waals surface area contributed by atoms with Crippen LogP contribution >= 0.6 is 0 Å². The van der Waals surface area contributed by atoms with E-state index in [0.29, 0.717) is 0 Å². The molecule has 0 aromatic carbocycles. The molecule has 0 unspecified atom stereocenters. The van der Waals surface area contributed by atoms with Crippen LogP contribution in [-0.2, 0) is 4.74 Å². The molecule has 0 spiro atoms. The van der Waals surface area contributed by atoms with Crippen molar-refractivity contribution in [3.05, 3.63) is 0 Å². The van der Waals surface area contributed by atoms with E-state index in [-0.39, 0.29) is 6.10 Å². The first-order valence-corrected chi connectivity index (χ1v) is 3.10. The molecule has 4 atom stereocenters. The van der Waals surface area contributed by atoms with Gasteiger partial charge in [0.2, 0.25) is 0 Å². The SMILES string of the molecule is B[C@@H]1O[C@H](C)[C@@H](O)[C@H]1F. The van der Waals surface area contributed by atoms with Gasteiger partial charge in [-0.3, -0.25) is 0 Å². The molecule has 0 bridgehead atoms. The molecule has 1 aliphatic rings. The van der Waals surface area contributed by atoms with Gasteiger partial charge in [0, 0.05) is 0 Å². The summed E-state index contributed by atoms with van der Waals surface area (Å²) >= 11 is 0. The van der Waals surface area contributed by atoms with Crippen molar-refractivity contribution in [1.82, 2.24) is 0 Å². The van der Waals surface area contributed by atoms with Gasteiger partial charge in [0.25, 0.3) is 0 Å². The van der Waals surface area contributed by atoms with Crippen molar-refractivity contribution in [2.45, 2.75) is 31.3 Å². The van der Waals surface area contributed by atoms with Crippen LogP contribution in [0.1, 0.15) is 6.92 Å². The second-order valence-electron chi connectivity index (χ2n) is 2.48. The molecule has 9 heavy (non-hydrogen) atoms. The molecule has 1 N–H and O–H groups in total. The first-order chi connectivity index (χ1) is 4.13. The van der Waals surface area contributed by atoms with Crippen molar-refractivity contribution < 1.29 is 14.2 Å². The van der Waals surface area contributed by atoms with E-state index in [9.17, 15) is 4.39 Å². The molecular weight excluding hydrogens is 122 g/mol. The van der Waals surface area contributed by atoms with Crippen molar-refractivity contribution in [3.8, 4) is 0 Å². The summed E-state index contributed by atoms with van der Waals surface area (Å²) in [6.07, 6.45) is -2.49. The average Bonchev–Trinajstić information content (AvgIpc) is 1.98. The highest BCUT2D eigenvalue weighted by Crippen LogP contribution is 2.20. The summed E-state index contributed by atoms with van der Waals surface area (Å²) in [6.45, 7) is 1.67. The summed E-state index contributed by atoms with van der Waals surface area (Å²) in [4.78, 5) is 0. The lowest BCUT2D eigenvalue weighted by molar-refractivity contribution is 0.0430. The fourth-order valence-corrected chi connectivity index (χ4v) is 1.03. The smallest absolute Gasteiger partial charge is 0.146 e. The molecule has 1 aliphatic heterocycles. The Bertz CT molecular complexity index is 99.1. The highest BCUT2D eigenvalue weighted by Gasteiger charge is 2.38. The van der Waals surface area contributed by atoms with Gasteiger partial charge in [-0.2, -0.15) is 0 Å². The summed E-state index contributed by atoms with van der Waals surface area (Å²) in [7, 11) is 1.62. The lowest BCUT2D eigenvalue weighted by Crippen LogP contribution is -2.27. The van der Waals surface area contributed by atoms with Crippen LogP contribution in [-0.4, -0.2) is 37.3 Å². The minimum atomic E-state index is -1.21. The van der Waals surface area contributed by atoms with Gasteiger partial charge in [0.1, 0.15) is 20.1 Å². The van der Waals surface area contributed by atoms with E-state index in [1.807, 2.05) is 0 Å². The van der Waals surface area contributed by atoms with Gasteiger partial charge in [-0.1, -0.05) is 0 Å². The van der Waals surface area contributed by atoms with Crippen LogP contribution < -0.4 is 0 Å². The highest BCUT2D eigenvalue weighted by atomic mass is 19.1. The van der Waals surface area contributed by atoms with Crippen LogP contribution in [0.5, 0.6) is 0 Å². The predicted octanol–water partition coefficient (Wildman–Crippen LogP) is -0.937. The number of rotatable bonds is 0. The van der Waals surface area contributed by atoms with Crippen LogP contribution in [0.25, 0.3) is 0 Å².